The third kappa shape index (κ3) is 8.47. The van der Waals surface area contributed by atoms with Gasteiger partial charge < -0.3 is 19.7 Å². The standard InChI is InChI=1S/C30H37N3O6S/c1-5-28(30(35)31-6-2)32(20-24-13-10-14-27(19-24)38-3)29(34)21-33(40(4,36)37)25-15-17-26(18-16-25)39-22-23-11-8-7-9-12-23/h7-19,28H,5-6,20-22H2,1-4H3,(H,31,35)/t28-/m0/s1. The number of benzene rings is 3. The number of methoxy groups -OCH3 is 1. The van der Waals surface area contributed by atoms with Crippen LogP contribution in [0.25, 0.3) is 0 Å². The van der Waals surface area contributed by atoms with E-state index in [0.29, 0.717) is 36.8 Å². The molecular formula is C30H37N3O6S. The Kier molecular flexibility index (Phi) is 11.0. The summed E-state index contributed by atoms with van der Waals surface area (Å²) >= 11 is 0. The average Bonchev–Trinajstić information content (AvgIpc) is 2.95. The maximum Gasteiger partial charge on any atom is 0.244 e. The van der Waals surface area contributed by atoms with E-state index in [1.54, 1.807) is 56.5 Å². The fourth-order valence-electron chi connectivity index (χ4n) is 4.24. The highest BCUT2D eigenvalue weighted by molar-refractivity contribution is 7.92. The lowest BCUT2D eigenvalue weighted by atomic mass is 10.1. The van der Waals surface area contributed by atoms with Gasteiger partial charge in [0.05, 0.1) is 19.1 Å². The topological polar surface area (TPSA) is 105 Å². The van der Waals surface area contributed by atoms with Crippen LogP contribution in [0.4, 0.5) is 5.69 Å². The van der Waals surface area contributed by atoms with Crippen LogP contribution in [0.3, 0.4) is 0 Å². The molecule has 214 valence electrons. The van der Waals surface area contributed by atoms with E-state index in [1.165, 1.54) is 4.90 Å². The van der Waals surface area contributed by atoms with Crippen molar-refractivity contribution in [2.24, 2.45) is 0 Å². The Labute approximate surface area is 236 Å². The van der Waals surface area contributed by atoms with Crippen LogP contribution in [0.5, 0.6) is 11.5 Å². The second kappa shape index (κ2) is 14.4. The number of carbonyl (C=O) groups excluding carboxylic acids is 2. The number of amides is 2. The molecule has 1 atom stereocenters. The van der Waals surface area contributed by atoms with Gasteiger partial charge in [-0.3, -0.25) is 13.9 Å². The fourth-order valence-corrected chi connectivity index (χ4v) is 5.09. The number of hydrogen-bond acceptors (Lipinski definition) is 6. The monoisotopic (exact) mass is 567 g/mol. The molecule has 0 aliphatic carbocycles. The van der Waals surface area contributed by atoms with Gasteiger partial charge in [-0.2, -0.15) is 0 Å². The Morgan fingerprint density at radius 1 is 0.900 bits per heavy atom. The number of carbonyl (C=O) groups is 2. The highest BCUT2D eigenvalue weighted by Crippen LogP contribution is 2.24. The van der Waals surface area contributed by atoms with Crippen LogP contribution in [-0.4, -0.2) is 57.6 Å². The van der Waals surface area contributed by atoms with Crippen molar-refractivity contribution in [2.45, 2.75) is 39.5 Å². The molecule has 0 aliphatic rings. The number of likely N-dealkylation sites (N-methyl/N-ethyl adjacent to an activating group) is 1. The summed E-state index contributed by atoms with van der Waals surface area (Å²) in [5, 5.41) is 2.78. The third-order valence-corrected chi connectivity index (χ3v) is 7.42. The molecule has 0 spiro atoms. The zero-order valence-electron chi connectivity index (χ0n) is 23.4. The molecule has 2 amide bonds. The molecule has 10 heteroatoms. The highest BCUT2D eigenvalue weighted by Gasteiger charge is 2.31. The van der Waals surface area contributed by atoms with E-state index in [9.17, 15) is 18.0 Å². The van der Waals surface area contributed by atoms with E-state index in [-0.39, 0.29) is 12.5 Å². The third-order valence-electron chi connectivity index (χ3n) is 6.28. The first-order valence-electron chi connectivity index (χ1n) is 13.1. The van der Waals surface area contributed by atoms with Gasteiger partial charge in [0.15, 0.2) is 0 Å². The SMILES string of the molecule is CCNC(=O)[C@H](CC)N(Cc1cccc(OC)c1)C(=O)CN(c1ccc(OCc2ccccc2)cc1)S(C)(=O)=O. The van der Waals surface area contributed by atoms with Crippen LogP contribution in [0, 0.1) is 0 Å². The largest absolute Gasteiger partial charge is 0.497 e. The summed E-state index contributed by atoms with van der Waals surface area (Å²) in [4.78, 5) is 28.1. The van der Waals surface area contributed by atoms with E-state index >= 15 is 0 Å². The zero-order chi connectivity index (χ0) is 29.1. The minimum atomic E-state index is -3.84. The number of rotatable bonds is 14. The second-order valence-corrected chi connectivity index (χ2v) is 11.1. The van der Waals surface area contributed by atoms with Crippen LogP contribution in [0.2, 0.25) is 0 Å². The summed E-state index contributed by atoms with van der Waals surface area (Å²) in [6, 6.07) is 22.6. The molecule has 0 aromatic heterocycles. The van der Waals surface area contributed by atoms with E-state index in [1.807, 2.05) is 43.3 Å². The molecule has 0 radical (unpaired) electrons. The van der Waals surface area contributed by atoms with Gasteiger partial charge in [-0.25, -0.2) is 8.42 Å². The Morgan fingerprint density at radius 3 is 2.17 bits per heavy atom. The zero-order valence-corrected chi connectivity index (χ0v) is 24.2. The number of nitrogens with zero attached hydrogens (tertiary/aromatic N) is 2. The first-order chi connectivity index (χ1) is 19.2. The summed E-state index contributed by atoms with van der Waals surface area (Å²) < 4.78 is 37.8. The lowest BCUT2D eigenvalue weighted by molar-refractivity contribution is -0.140. The second-order valence-electron chi connectivity index (χ2n) is 9.23. The Balaban J connectivity index is 1.85. The summed E-state index contributed by atoms with van der Waals surface area (Å²) in [5.74, 6) is 0.375. The predicted octanol–water partition coefficient (Wildman–Crippen LogP) is 3.98. The average molecular weight is 568 g/mol. The number of ether oxygens (including phenoxy) is 2. The summed E-state index contributed by atoms with van der Waals surface area (Å²) in [6.45, 7) is 4.03. The van der Waals surface area contributed by atoms with Gasteiger partial charge in [-0.05, 0) is 60.9 Å². The summed E-state index contributed by atoms with van der Waals surface area (Å²) in [5.41, 5.74) is 2.07. The van der Waals surface area contributed by atoms with Crippen molar-refractivity contribution < 1.29 is 27.5 Å². The molecule has 1 N–H and O–H groups in total. The van der Waals surface area contributed by atoms with Crippen molar-refractivity contribution in [3.63, 3.8) is 0 Å². The lowest BCUT2D eigenvalue weighted by Crippen LogP contribution is -2.52. The van der Waals surface area contributed by atoms with Crippen molar-refractivity contribution in [3.05, 3.63) is 90.0 Å². The quantitative estimate of drug-likeness (QED) is 0.316. The minimum absolute atomic E-state index is 0.107. The minimum Gasteiger partial charge on any atom is -0.497 e. The molecule has 0 heterocycles. The highest BCUT2D eigenvalue weighted by atomic mass is 32.2. The Hall–Kier alpha value is -4.05. The van der Waals surface area contributed by atoms with Crippen LogP contribution in [0.1, 0.15) is 31.4 Å². The molecule has 0 saturated carbocycles. The van der Waals surface area contributed by atoms with E-state index in [0.717, 1.165) is 21.7 Å². The lowest BCUT2D eigenvalue weighted by Gasteiger charge is -2.32. The molecule has 3 aromatic carbocycles. The number of hydrogen-bond donors (Lipinski definition) is 1. The Bertz CT molecular complexity index is 1360. The fraction of sp³-hybridized carbons (Fsp3) is 0.333. The predicted molar refractivity (Wildman–Crippen MR) is 156 cm³/mol. The van der Waals surface area contributed by atoms with Crippen LogP contribution < -0.4 is 19.1 Å². The smallest absolute Gasteiger partial charge is 0.244 e. The normalized spacial score (nSPS) is 11.8. The molecule has 0 saturated heterocycles. The van der Waals surface area contributed by atoms with Gasteiger partial charge in [-0.15, -0.1) is 0 Å². The van der Waals surface area contributed by atoms with Gasteiger partial charge in [0, 0.05) is 13.1 Å². The van der Waals surface area contributed by atoms with Crippen molar-refractivity contribution in [1.82, 2.24) is 10.2 Å². The Morgan fingerprint density at radius 2 is 1.57 bits per heavy atom. The molecule has 0 aliphatic heterocycles. The molecular weight excluding hydrogens is 530 g/mol. The number of sulfonamides is 1. The van der Waals surface area contributed by atoms with Crippen molar-refractivity contribution in [1.29, 1.82) is 0 Å². The molecule has 0 bridgehead atoms. The van der Waals surface area contributed by atoms with Crippen molar-refractivity contribution in [2.75, 3.05) is 30.8 Å². The number of nitrogens with one attached hydrogen (secondary N) is 1. The van der Waals surface area contributed by atoms with Gasteiger partial charge in [-0.1, -0.05) is 49.4 Å². The van der Waals surface area contributed by atoms with E-state index in [2.05, 4.69) is 5.32 Å². The van der Waals surface area contributed by atoms with Gasteiger partial charge in [0.2, 0.25) is 21.8 Å². The van der Waals surface area contributed by atoms with Crippen molar-refractivity contribution >= 4 is 27.5 Å². The molecule has 9 nitrogen and oxygen atoms in total. The van der Waals surface area contributed by atoms with Gasteiger partial charge in [0.25, 0.3) is 0 Å². The summed E-state index contributed by atoms with van der Waals surface area (Å²) in [7, 11) is -2.29. The molecule has 40 heavy (non-hydrogen) atoms. The van der Waals surface area contributed by atoms with Gasteiger partial charge in [0.1, 0.15) is 30.7 Å². The van der Waals surface area contributed by atoms with Gasteiger partial charge >= 0.3 is 0 Å². The van der Waals surface area contributed by atoms with Crippen molar-refractivity contribution in [3.8, 4) is 11.5 Å². The van der Waals surface area contributed by atoms with E-state index < -0.39 is 28.5 Å². The summed E-state index contributed by atoms with van der Waals surface area (Å²) in [6.07, 6.45) is 1.40. The molecule has 0 fully saturated rings. The molecule has 0 unspecified atom stereocenters. The maximum atomic E-state index is 13.8. The first-order valence-corrected chi connectivity index (χ1v) is 15.0. The van der Waals surface area contributed by atoms with Crippen LogP contribution >= 0.6 is 0 Å². The van der Waals surface area contributed by atoms with Crippen LogP contribution in [-0.2, 0) is 32.8 Å². The first kappa shape index (κ1) is 30.5. The number of anilines is 1. The maximum absolute atomic E-state index is 13.8. The van der Waals surface area contributed by atoms with Crippen LogP contribution in [0.15, 0.2) is 78.9 Å². The van der Waals surface area contributed by atoms with E-state index in [4.69, 9.17) is 9.47 Å². The molecule has 3 aromatic rings. The molecule has 3 rings (SSSR count).